The summed E-state index contributed by atoms with van der Waals surface area (Å²) < 4.78 is 0. The predicted molar refractivity (Wildman–Crippen MR) is 100 cm³/mol. The quantitative estimate of drug-likeness (QED) is 0.916. The van der Waals surface area contributed by atoms with Crippen LogP contribution in [0.3, 0.4) is 0 Å². The number of nitrogens with one attached hydrogen (secondary N) is 1. The number of amides is 2. The fraction of sp³-hybridized carbons (Fsp3) is 0.389. The molecular formula is C18H22N4O2S. The van der Waals surface area contributed by atoms with Crippen LogP contribution < -0.4 is 10.2 Å². The molecule has 0 aliphatic carbocycles. The van der Waals surface area contributed by atoms with Crippen molar-refractivity contribution in [3.05, 3.63) is 40.9 Å². The Labute approximate surface area is 151 Å². The molecule has 25 heavy (non-hydrogen) atoms. The topological polar surface area (TPSA) is 65.5 Å². The van der Waals surface area contributed by atoms with Gasteiger partial charge in [0.2, 0.25) is 5.91 Å². The number of rotatable bonds is 3. The van der Waals surface area contributed by atoms with Crippen LogP contribution in [0.4, 0.5) is 10.8 Å². The average Bonchev–Trinajstić information content (AvgIpc) is 2.87. The molecule has 1 aromatic heterocycles. The van der Waals surface area contributed by atoms with Crippen LogP contribution in [0.5, 0.6) is 0 Å². The molecule has 1 aliphatic heterocycles. The molecule has 2 heterocycles. The van der Waals surface area contributed by atoms with Crippen LogP contribution in [-0.2, 0) is 4.79 Å². The van der Waals surface area contributed by atoms with Crippen LogP contribution in [0.1, 0.15) is 29.4 Å². The third-order valence-electron chi connectivity index (χ3n) is 4.09. The second kappa shape index (κ2) is 7.65. The number of nitrogens with zero attached hydrogens (tertiary/aromatic N) is 3. The Morgan fingerprint density at radius 1 is 1.20 bits per heavy atom. The fourth-order valence-electron chi connectivity index (χ4n) is 2.91. The summed E-state index contributed by atoms with van der Waals surface area (Å²) in [4.78, 5) is 32.7. The van der Waals surface area contributed by atoms with Gasteiger partial charge in [-0.1, -0.05) is 6.07 Å². The highest BCUT2D eigenvalue weighted by atomic mass is 32.1. The Morgan fingerprint density at radius 2 is 2.04 bits per heavy atom. The van der Waals surface area contributed by atoms with Gasteiger partial charge in [-0.15, -0.1) is 11.3 Å². The van der Waals surface area contributed by atoms with E-state index in [0.29, 0.717) is 17.8 Å². The van der Waals surface area contributed by atoms with E-state index >= 15 is 0 Å². The first kappa shape index (κ1) is 17.4. The van der Waals surface area contributed by atoms with E-state index in [4.69, 9.17) is 0 Å². The first-order valence-electron chi connectivity index (χ1n) is 8.37. The molecule has 2 aromatic rings. The minimum Gasteiger partial charge on any atom is -0.346 e. The van der Waals surface area contributed by atoms with Crippen LogP contribution in [0.15, 0.2) is 29.6 Å². The molecule has 7 heteroatoms. The summed E-state index contributed by atoms with van der Waals surface area (Å²) in [6.45, 7) is 6.53. The van der Waals surface area contributed by atoms with E-state index in [0.717, 1.165) is 36.9 Å². The Morgan fingerprint density at radius 3 is 2.76 bits per heavy atom. The number of aromatic nitrogens is 1. The molecule has 0 atom stereocenters. The number of thiazole rings is 1. The predicted octanol–water partition coefficient (Wildman–Crippen LogP) is 2.76. The van der Waals surface area contributed by atoms with Gasteiger partial charge in [0.15, 0.2) is 5.13 Å². The van der Waals surface area contributed by atoms with Crippen molar-refractivity contribution in [2.45, 2.75) is 20.3 Å². The highest BCUT2D eigenvalue weighted by Crippen LogP contribution is 2.22. The summed E-state index contributed by atoms with van der Waals surface area (Å²) in [7, 11) is 0. The largest absolute Gasteiger partial charge is 0.346 e. The summed E-state index contributed by atoms with van der Waals surface area (Å²) in [6, 6.07) is 7.10. The van der Waals surface area contributed by atoms with Gasteiger partial charge in [-0.25, -0.2) is 4.98 Å². The summed E-state index contributed by atoms with van der Waals surface area (Å²) in [6.07, 6.45) is 0.912. The lowest BCUT2D eigenvalue weighted by molar-refractivity contribution is -0.114. The van der Waals surface area contributed by atoms with E-state index in [1.165, 1.54) is 6.92 Å². The number of carbonyl (C=O) groups is 2. The summed E-state index contributed by atoms with van der Waals surface area (Å²) >= 11 is 1.65. The highest BCUT2D eigenvalue weighted by Gasteiger charge is 2.21. The van der Waals surface area contributed by atoms with E-state index in [9.17, 15) is 9.59 Å². The third-order valence-corrected chi connectivity index (χ3v) is 5.11. The van der Waals surface area contributed by atoms with Crippen LogP contribution in [0.25, 0.3) is 0 Å². The van der Waals surface area contributed by atoms with E-state index in [1.54, 1.807) is 35.6 Å². The molecule has 1 N–H and O–H groups in total. The highest BCUT2D eigenvalue weighted by molar-refractivity contribution is 7.13. The van der Waals surface area contributed by atoms with Gasteiger partial charge in [0, 0.05) is 49.7 Å². The van der Waals surface area contributed by atoms with E-state index < -0.39 is 0 Å². The Kier molecular flexibility index (Phi) is 5.33. The minimum absolute atomic E-state index is 0.00405. The van der Waals surface area contributed by atoms with Crippen molar-refractivity contribution in [1.29, 1.82) is 0 Å². The lowest BCUT2D eigenvalue weighted by Gasteiger charge is -2.22. The Bertz CT molecular complexity index is 774. The molecule has 0 unspecified atom stereocenters. The van der Waals surface area contributed by atoms with Crippen LogP contribution in [-0.4, -0.2) is 47.9 Å². The Balaban J connectivity index is 1.68. The second-order valence-electron chi connectivity index (χ2n) is 6.17. The first-order valence-corrected chi connectivity index (χ1v) is 9.25. The van der Waals surface area contributed by atoms with Crippen molar-refractivity contribution in [2.24, 2.45) is 0 Å². The standard InChI is InChI=1S/C18H22N4O2S/c1-13-12-25-18(19-13)22-8-4-7-21(9-10-22)17(24)15-5-3-6-16(11-15)20-14(2)23/h3,5-6,11-12H,4,7-10H2,1-2H3,(H,20,23). The lowest BCUT2D eigenvalue weighted by atomic mass is 10.1. The first-order chi connectivity index (χ1) is 12.0. The van der Waals surface area contributed by atoms with Gasteiger partial charge in [-0.05, 0) is 31.5 Å². The molecule has 0 bridgehead atoms. The van der Waals surface area contributed by atoms with Gasteiger partial charge in [-0.3, -0.25) is 9.59 Å². The van der Waals surface area contributed by atoms with Gasteiger partial charge in [-0.2, -0.15) is 0 Å². The summed E-state index contributed by atoms with van der Waals surface area (Å²) in [5, 5.41) is 5.80. The summed E-state index contributed by atoms with van der Waals surface area (Å²) in [5.74, 6) is -0.141. The zero-order valence-corrected chi connectivity index (χ0v) is 15.3. The minimum atomic E-state index is -0.145. The normalized spacial score (nSPS) is 15.0. The molecule has 1 saturated heterocycles. The van der Waals surface area contributed by atoms with Crippen molar-refractivity contribution in [2.75, 3.05) is 36.4 Å². The maximum absolute atomic E-state index is 12.8. The van der Waals surface area contributed by atoms with Crippen molar-refractivity contribution in [3.63, 3.8) is 0 Å². The third kappa shape index (κ3) is 4.36. The number of benzene rings is 1. The molecule has 0 spiro atoms. The molecular weight excluding hydrogens is 336 g/mol. The number of carbonyl (C=O) groups excluding carboxylic acids is 2. The molecule has 1 aromatic carbocycles. The maximum atomic E-state index is 12.8. The van der Waals surface area contributed by atoms with Gasteiger partial charge in [0.1, 0.15) is 0 Å². The van der Waals surface area contributed by atoms with E-state index in [1.807, 2.05) is 11.8 Å². The van der Waals surface area contributed by atoms with E-state index in [2.05, 4.69) is 20.6 Å². The summed E-state index contributed by atoms with van der Waals surface area (Å²) in [5.41, 5.74) is 2.28. The van der Waals surface area contributed by atoms with Crippen LogP contribution >= 0.6 is 11.3 Å². The second-order valence-corrected chi connectivity index (χ2v) is 7.00. The van der Waals surface area contributed by atoms with Crippen molar-refractivity contribution >= 4 is 34.0 Å². The van der Waals surface area contributed by atoms with Gasteiger partial charge in [0.25, 0.3) is 5.91 Å². The molecule has 0 saturated carbocycles. The number of hydrogen-bond donors (Lipinski definition) is 1. The monoisotopic (exact) mass is 358 g/mol. The van der Waals surface area contributed by atoms with Crippen molar-refractivity contribution < 1.29 is 9.59 Å². The molecule has 1 fully saturated rings. The zero-order chi connectivity index (χ0) is 17.8. The molecule has 2 amide bonds. The SMILES string of the molecule is CC(=O)Nc1cccc(C(=O)N2CCCN(c3nc(C)cs3)CC2)c1. The number of hydrogen-bond acceptors (Lipinski definition) is 5. The van der Waals surface area contributed by atoms with Gasteiger partial charge < -0.3 is 15.1 Å². The van der Waals surface area contributed by atoms with Crippen LogP contribution in [0, 0.1) is 6.92 Å². The Hall–Kier alpha value is -2.41. The number of anilines is 2. The molecule has 132 valence electrons. The lowest BCUT2D eigenvalue weighted by Crippen LogP contribution is -2.35. The average molecular weight is 358 g/mol. The van der Waals surface area contributed by atoms with Crippen LogP contribution in [0.2, 0.25) is 0 Å². The van der Waals surface area contributed by atoms with Crippen molar-refractivity contribution in [3.8, 4) is 0 Å². The van der Waals surface area contributed by atoms with E-state index in [-0.39, 0.29) is 11.8 Å². The van der Waals surface area contributed by atoms with Gasteiger partial charge >= 0.3 is 0 Å². The zero-order valence-electron chi connectivity index (χ0n) is 14.5. The van der Waals surface area contributed by atoms with Gasteiger partial charge in [0.05, 0.1) is 5.69 Å². The fourth-order valence-corrected chi connectivity index (χ4v) is 3.77. The molecule has 6 nitrogen and oxygen atoms in total. The molecule has 1 aliphatic rings. The smallest absolute Gasteiger partial charge is 0.253 e. The van der Waals surface area contributed by atoms with Crippen molar-refractivity contribution in [1.82, 2.24) is 9.88 Å². The molecule has 3 rings (SSSR count). The molecule has 0 radical (unpaired) electrons. The maximum Gasteiger partial charge on any atom is 0.253 e. The number of aryl methyl sites for hydroxylation is 1.